The van der Waals surface area contributed by atoms with Gasteiger partial charge in [-0.25, -0.2) is 9.97 Å². The maximum Gasteiger partial charge on any atom is 0.135 e. The normalized spacial score (nSPS) is 10.7. The van der Waals surface area contributed by atoms with E-state index in [9.17, 15) is 0 Å². The van der Waals surface area contributed by atoms with E-state index in [-0.39, 0.29) is 0 Å². The van der Waals surface area contributed by atoms with Gasteiger partial charge in [0.25, 0.3) is 0 Å². The van der Waals surface area contributed by atoms with Crippen molar-refractivity contribution in [3.8, 4) is 0 Å². The number of hydrogen-bond donors (Lipinski definition) is 2. The lowest BCUT2D eigenvalue weighted by Crippen LogP contribution is -2.01. The SMILES string of the molecule is Cc1cccc(C)c1Nc1cc(Nc2cccc3cccnc23)ncn1. The lowest BCUT2D eigenvalue weighted by Gasteiger charge is -2.13. The number of anilines is 4. The summed E-state index contributed by atoms with van der Waals surface area (Å²) in [5.41, 5.74) is 5.26. The van der Waals surface area contributed by atoms with Crippen LogP contribution in [-0.4, -0.2) is 15.0 Å². The predicted molar refractivity (Wildman–Crippen MR) is 106 cm³/mol. The van der Waals surface area contributed by atoms with Gasteiger partial charge in [-0.3, -0.25) is 4.98 Å². The maximum atomic E-state index is 4.47. The van der Waals surface area contributed by atoms with Gasteiger partial charge in [-0.2, -0.15) is 0 Å². The molecule has 4 aromatic rings. The Balaban J connectivity index is 1.64. The molecule has 0 saturated carbocycles. The third-order valence-corrected chi connectivity index (χ3v) is 4.30. The van der Waals surface area contributed by atoms with E-state index in [2.05, 4.69) is 57.6 Å². The molecule has 0 radical (unpaired) electrons. The van der Waals surface area contributed by atoms with Gasteiger partial charge in [-0.1, -0.05) is 36.4 Å². The summed E-state index contributed by atoms with van der Waals surface area (Å²) in [6, 6.07) is 18.1. The molecule has 0 amide bonds. The Morgan fingerprint density at radius 3 is 2.23 bits per heavy atom. The molecule has 5 heteroatoms. The summed E-state index contributed by atoms with van der Waals surface area (Å²) in [7, 11) is 0. The molecule has 0 aliphatic carbocycles. The van der Waals surface area contributed by atoms with Crippen molar-refractivity contribution in [2.45, 2.75) is 13.8 Å². The number of benzene rings is 2. The first-order valence-electron chi connectivity index (χ1n) is 8.47. The highest BCUT2D eigenvalue weighted by atomic mass is 15.1. The summed E-state index contributed by atoms with van der Waals surface area (Å²) in [6.07, 6.45) is 3.35. The van der Waals surface area contributed by atoms with Crippen molar-refractivity contribution in [3.63, 3.8) is 0 Å². The zero-order chi connectivity index (χ0) is 17.9. The van der Waals surface area contributed by atoms with Crippen LogP contribution in [0.1, 0.15) is 11.1 Å². The minimum absolute atomic E-state index is 0.715. The van der Waals surface area contributed by atoms with Crippen molar-refractivity contribution in [2.75, 3.05) is 10.6 Å². The number of nitrogens with zero attached hydrogens (tertiary/aromatic N) is 3. The fraction of sp³-hybridized carbons (Fsp3) is 0.0952. The van der Waals surface area contributed by atoms with Gasteiger partial charge >= 0.3 is 0 Å². The smallest absolute Gasteiger partial charge is 0.135 e. The Bertz CT molecular complexity index is 1050. The number of aryl methyl sites for hydroxylation is 2. The van der Waals surface area contributed by atoms with Gasteiger partial charge in [0.2, 0.25) is 0 Å². The molecule has 0 aliphatic rings. The summed E-state index contributed by atoms with van der Waals surface area (Å²) in [4.78, 5) is 13.2. The van der Waals surface area contributed by atoms with Crippen LogP contribution in [0.4, 0.5) is 23.0 Å². The zero-order valence-electron chi connectivity index (χ0n) is 14.7. The molecular weight excluding hydrogens is 322 g/mol. The Hall–Kier alpha value is -3.47. The molecule has 2 aromatic carbocycles. The molecule has 0 saturated heterocycles. The second kappa shape index (κ2) is 6.80. The standard InChI is InChI=1S/C21H19N5/c1-14-6-3-7-15(2)20(14)26-19-12-18(23-13-24-19)25-17-10-4-8-16-9-5-11-22-21(16)17/h3-13H,1-2H3,(H2,23,24,25,26). The van der Waals surface area contributed by atoms with E-state index in [1.807, 2.05) is 36.4 Å². The van der Waals surface area contributed by atoms with E-state index >= 15 is 0 Å². The van der Waals surface area contributed by atoms with Gasteiger partial charge in [0.1, 0.15) is 18.0 Å². The van der Waals surface area contributed by atoms with Crippen LogP contribution in [-0.2, 0) is 0 Å². The van der Waals surface area contributed by atoms with Crippen molar-refractivity contribution in [2.24, 2.45) is 0 Å². The van der Waals surface area contributed by atoms with Crippen molar-refractivity contribution in [3.05, 3.63) is 78.2 Å². The molecular formula is C21H19N5. The Morgan fingerprint density at radius 1 is 0.731 bits per heavy atom. The molecule has 0 atom stereocenters. The van der Waals surface area contributed by atoms with E-state index in [1.165, 1.54) is 11.1 Å². The van der Waals surface area contributed by atoms with Crippen molar-refractivity contribution in [1.82, 2.24) is 15.0 Å². The van der Waals surface area contributed by atoms with Gasteiger partial charge in [-0.15, -0.1) is 0 Å². The highest BCUT2D eigenvalue weighted by Crippen LogP contribution is 2.26. The van der Waals surface area contributed by atoms with Crippen molar-refractivity contribution < 1.29 is 0 Å². The van der Waals surface area contributed by atoms with E-state index in [4.69, 9.17) is 0 Å². The molecule has 2 N–H and O–H groups in total. The van der Waals surface area contributed by atoms with Crippen LogP contribution >= 0.6 is 0 Å². The first kappa shape index (κ1) is 16.0. The number of fused-ring (bicyclic) bond motifs is 1. The quantitative estimate of drug-likeness (QED) is 0.539. The molecule has 4 rings (SSSR count). The van der Waals surface area contributed by atoms with Gasteiger partial charge in [-0.05, 0) is 37.1 Å². The lowest BCUT2D eigenvalue weighted by atomic mass is 10.1. The monoisotopic (exact) mass is 341 g/mol. The Kier molecular flexibility index (Phi) is 4.19. The van der Waals surface area contributed by atoms with Gasteiger partial charge in [0.05, 0.1) is 11.2 Å². The molecule has 26 heavy (non-hydrogen) atoms. The average Bonchev–Trinajstić information content (AvgIpc) is 2.66. The number of pyridine rings is 1. The van der Waals surface area contributed by atoms with Crippen LogP contribution in [0, 0.1) is 13.8 Å². The van der Waals surface area contributed by atoms with Crippen LogP contribution in [0.2, 0.25) is 0 Å². The molecule has 0 aliphatic heterocycles. The second-order valence-corrected chi connectivity index (χ2v) is 6.19. The molecule has 0 unspecified atom stereocenters. The average molecular weight is 341 g/mol. The van der Waals surface area contributed by atoms with Crippen LogP contribution in [0.25, 0.3) is 10.9 Å². The van der Waals surface area contributed by atoms with Crippen LogP contribution < -0.4 is 10.6 Å². The molecule has 0 spiro atoms. The van der Waals surface area contributed by atoms with Crippen LogP contribution in [0.3, 0.4) is 0 Å². The largest absolute Gasteiger partial charge is 0.340 e. The fourth-order valence-corrected chi connectivity index (χ4v) is 2.98. The zero-order valence-corrected chi connectivity index (χ0v) is 14.7. The van der Waals surface area contributed by atoms with Crippen LogP contribution in [0.5, 0.6) is 0 Å². The molecule has 5 nitrogen and oxygen atoms in total. The Labute approximate surface area is 152 Å². The molecule has 2 aromatic heterocycles. The predicted octanol–water partition coefficient (Wildman–Crippen LogP) is 5.13. The molecule has 128 valence electrons. The third-order valence-electron chi connectivity index (χ3n) is 4.30. The van der Waals surface area contributed by atoms with E-state index in [0.29, 0.717) is 5.82 Å². The minimum Gasteiger partial charge on any atom is -0.340 e. The van der Waals surface area contributed by atoms with E-state index in [1.54, 1.807) is 12.5 Å². The summed E-state index contributed by atoms with van der Waals surface area (Å²) >= 11 is 0. The first-order valence-corrected chi connectivity index (χ1v) is 8.47. The van der Waals surface area contributed by atoms with E-state index in [0.717, 1.165) is 28.1 Å². The lowest BCUT2D eigenvalue weighted by molar-refractivity contribution is 1.16. The number of rotatable bonds is 4. The first-order chi connectivity index (χ1) is 12.7. The van der Waals surface area contributed by atoms with Gasteiger partial charge in [0.15, 0.2) is 0 Å². The Morgan fingerprint density at radius 2 is 1.42 bits per heavy atom. The highest BCUT2D eigenvalue weighted by molar-refractivity contribution is 5.91. The van der Waals surface area contributed by atoms with Gasteiger partial charge in [0, 0.05) is 23.3 Å². The summed E-state index contributed by atoms with van der Waals surface area (Å²) < 4.78 is 0. The molecule has 0 bridgehead atoms. The van der Waals surface area contributed by atoms with Crippen molar-refractivity contribution >= 4 is 33.9 Å². The summed E-state index contributed by atoms with van der Waals surface area (Å²) in [6.45, 7) is 4.16. The second-order valence-electron chi connectivity index (χ2n) is 6.19. The third kappa shape index (κ3) is 3.19. The van der Waals surface area contributed by atoms with Crippen LogP contribution in [0.15, 0.2) is 67.1 Å². The number of aromatic nitrogens is 3. The molecule has 0 fully saturated rings. The maximum absolute atomic E-state index is 4.47. The minimum atomic E-state index is 0.715. The fourth-order valence-electron chi connectivity index (χ4n) is 2.98. The molecule has 2 heterocycles. The topological polar surface area (TPSA) is 62.7 Å². The number of hydrogen-bond acceptors (Lipinski definition) is 5. The number of para-hydroxylation sites is 2. The summed E-state index contributed by atoms with van der Waals surface area (Å²) in [5.74, 6) is 1.46. The highest BCUT2D eigenvalue weighted by Gasteiger charge is 2.06. The summed E-state index contributed by atoms with van der Waals surface area (Å²) in [5, 5.41) is 7.83. The van der Waals surface area contributed by atoms with Gasteiger partial charge < -0.3 is 10.6 Å². The number of nitrogens with one attached hydrogen (secondary N) is 2. The van der Waals surface area contributed by atoms with Crippen molar-refractivity contribution in [1.29, 1.82) is 0 Å². The van der Waals surface area contributed by atoms with E-state index < -0.39 is 0 Å².